The van der Waals surface area contributed by atoms with Crippen LogP contribution in [0.2, 0.25) is 0 Å². The summed E-state index contributed by atoms with van der Waals surface area (Å²) >= 11 is 0. The summed E-state index contributed by atoms with van der Waals surface area (Å²) in [6.07, 6.45) is 9.70. The lowest BCUT2D eigenvalue weighted by molar-refractivity contribution is 0.711. The van der Waals surface area contributed by atoms with Gasteiger partial charge in [-0.3, -0.25) is 9.98 Å². The van der Waals surface area contributed by atoms with E-state index in [4.69, 9.17) is 0 Å². The Morgan fingerprint density at radius 2 is 2.29 bits per heavy atom. The van der Waals surface area contributed by atoms with Crippen LogP contribution in [-0.2, 0) is 0 Å². The van der Waals surface area contributed by atoms with E-state index in [2.05, 4.69) is 20.8 Å². The van der Waals surface area contributed by atoms with Gasteiger partial charge in [-0.2, -0.15) is 0 Å². The van der Waals surface area contributed by atoms with Gasteiger partial charge in [0, 0.05) is 12.7 Å². The fourth-order valence-electron chi connectivity index (χ4n) is 1.70. The fourth-order valence-corrected chi connectivity index (χ4v) is 1.70. The van der Waals surface area contributed by atoms with E-state index in [1.54, 1.807) is 6.20 Å². The smallest absolute Gasteiger partial charge is 0.106 e. The predicted octanol–water partition coefficient (Wildman–Crippen LogP) is 0.326. The molecule has 0 radical (unpaired) electrons. The van der Waals surface area contributed by atoms with Crippen molar-refractivity contribution in [2.24, 2.45) is 9.98 Å². The standard InChI is InChI=1S/C10H10N4/c1-2-4-11-8-5-9-10(6-12-14-9)13-7(8)3-1/h1-5,10,12,14H,6H2. The Balaban J connectivity index is 2.07. The minimum atomic E-state index is 0.228. The van der Waals surface area contributed by atoms with Gasteiger partial charge in [-0.1, -0.05) is 6.08 Å². The Labute approximate surface area is 81.8 Å². The van der Waals surface area contributed by atoms with Crippen molar-refractivity contribution in [3.63, 3.8) is 0 Å². The normalized spacial score (nSPS) is 28.0. The highest BCUT2D eigenvalue weighted by Gasteiger charge is 2.25. The SMILES string of the molecule is C1=CN=C2C=C3NNCC3N=C2C=C1. The Hall–Kier alpha value is -1.68. The van der Waals surface area contributed by atoms with Gasteiger partial charge in [0.1, 0.15) is 6.04 Å². The van der Waals surface area contributed by atoms with Crippen molar-refractivity contribution in [1.82, 2.24) is 10.9 Å². The average Bonchev–Trinajstić information content (AvgIpc) is 2.51. The van der Waals surface area contributed by atoms with Gasteiger partial charge in [-0.25, -0.2) is 5.43 Å². The number of hydrogen-bond donors (Lipinski definition) is 2. The van der Waals surface area contributed by atoms with E-state index >= 15 is 0 Å². The summed E-state index contributed by atoms with van der Waals surface area (Å²) in [5, 5.41) is 0. The summed E-state index contributed by atoms with van der Waals surface area (Å²) in [5.41, 5.74) is 9.16. The van der Waals surface area contributed by atoms with Gasteiger partial charge in [-0.15, -0.1) is 0 Å². The molecule has 0 aromatic rings. The lowest BCUT2D eigenvalue weighted by Crippen LogP contribution is -2.24. The highest BCUT2D eigenvalue weighted by molar-refractivity contribution is 6.51. The Kier molecular flexibility index (Phi) is 1.61. The van der Waals surface area contributed by atoms with E-state index in [0.717, 1.165) is 23.7 Å². The molecule has 70 valence electrons. The van der Waals surface area contributed by atoms with Crippen LogP contribution < -0.4 is 10.9 Å². The summed E-state index contributed by atoms with van der Waals surface area (Å²) in [6, 6.07) is 0.228. The van der Waals surface area contributed by atoms with Crippen molar-refractivity contribution in [3.05, 3.63) is 36.2 Å². The molecule has 0 aromatic heterocycles. The summed E-state index contributed by atoms with van der Waals surface area (Å²) < 4.78 is 0. The molecule has 14 heavy (non-hydrogen) atoms. The third-order valence-electron chi connectivity index (χ3n) is 2.40. The third kappa shape index (κ3) is 1.12. The molecule has 0 amide bonds. The molecule has 1 saturated heterocycles. The average molecular weight is 186 g/mol. The van der Waals surface area contributed by atoms with Crippen LogP contribution in [0, 0.1) is 0 Å². The number of rotatable bonds is 0. The molecule has 3 heterocycles. The summed E-state index contributed by atoms with van der Waals surface area (Å²) in [4.78, 5) is 8.90. The van der Waals surface area contributed by atoms with Gasteiger partial charge in [0.25, 0.3) is 0 Å². The lowest BCUT2D eigenvalue weighted by Gasteiger charge is -2.13. The van der Waals surface area contributed by atoms with Crippen LogP contribution in [0.5, 0.6) is 0 Å². The molecular weight excluding hydrogens is 176 g/mol. The maximum Gasteiger partial charge on any atom is 0.106 e. The molecular formula is C10H10N4. The first-order valence-corrected chi connectivity index (χ1v) is 4.63. The topological polar surface area (TPSA) is 48.8 Å². The van der Waals surface area contributed by atoms with E-state index in [9.17, 15) is 0 Å². The van der Waals surface area contributed by atoms with E-state index in [1.165, 1.54) is 0 Å². The van der Waals surface area contributed by atoms with Gasteiger partial charge >= 0.3 is 0 Å². The number of allylic oxidation sites excluding steroid dienone is 4. The van der Waals surface area contributed by atoms with Gasteiger partial charge in [0.15, 0.2) is 0 Å². The Bertz CT molecular complexity index is 412. The minimum absolute atomic E-state index is 0.228. The number of fused-ring (bicyclic) bond motifs is 2. The molecule has 4 heteroatoms. The van der Waals surface area contributed by atoms with Crippen molar-refractivity contribution in [2.45, 2.75) is 6.04 Å². The number of nitrogens with zero attached hydrogens (tertiary/aromatic N) is 2. The second kappa shape index (κ2) is 2.92. The first kappa shape index (κ1) is 7.70. The largest absolute Gasteiger partial charge is 0.323 e. The minimum Gasteiger partial charge on any atom is -0.323 e. The molecule has 3 aliphatic heterocycles. The number of hydrogen-bond acceptors (Lipinski definition) is 4. The Morgan fingerprint density at radius 3 is 3.29 bits per heavy atom. The molecule has 0 aliphatic carbocycles. The van der Waals surface area contributed by atoms with Crippen molar-refractivity contribution in [1.29, 1.82) is 0 Å². The zero-order valence-electron chi connectivity index (χ0n) is 7.57. The summed E-state index contributed by atoms with van der Waals surface area (Å²) in [5.74, 6) is 0. The maximum absolute atomic E-state index is 4.59. The van der Waals surface area contributed by atoms with Crippen LogP contribution in [0.1, 0.15) is 0 Å². The summed E-state index contributed by atoms with van der Waals surface area (Å²) in [6.45, 7) is 0.851. The van der Waals surface area contributed by atoms with E-state index < -0.39 is 0 Å². The second-order valence-corrected chi connectivity index (χ2v) is 3.35. The molecule has 2 N–H and O–H groups in total. The number of nitrogens with one attached hydrogen (secondary N) is 2. The molecule has 0 spiro atoms. The van der Waals surface area contributed by atoms with Crippen molar-refractivity contribution >= 4 is 11.4 Å². The third-order valence-corrected chi connectivity index (χ3v) is 2.40. The number of hydrazine groups is 1. The quantitative estimate of drug-likeness (QED) is 0.572. The fraction of sp³-hybridized carbons (Fsp3) is 0.200. The van der Waals surface area contributed by atoms with Crippen molar-refractivity contribution in [2.75, 3.05) is 6.54 Å². The van der Waals surface area contributed by atoms with Crippen LogP contribution in [0.15, 0.2) is 46.2 Å². The van der Waals surface area contributed by atoms with Crippen LogP contribution in [0.3, 0.4) is 0 Å². The predicted molar refractivity (Wildman–Crippen MR) is 56.2 cm³/mol. The van der Waals surface area contributed by atoms with Crippen LogP contribution in [0.25, 0.3) is 0 Å². The Morgan fingerprint density at radius 1 is 1.29 bits per heavy atom. The van der Waals surface area contributed by atoms with Crippen LogP contribution in [0.4, 0.5) is 0 Å². The molecule has 0 aromatic carbocycles. The first-order valence-electron chi connectivity index (χ1n) is 4.63. The molecule has 3 rings (SSSR count). The highest BCUT2D eigenvalue weighted by Crippen LogP contribution is 2.15. The molecule has 1 unspecified atom stereocenters. The van der Waals surface area contributed by atoms with Gasteiger partial charge < -0.3 is 5.43 Å². The van der Waals surface area contributed by atoms with E-state index in [0.29, 0.717) is 0 Å². The van der Waals surface area contributed by atoms with Crippen molar-refractivity contribution < 1.29 is 0 Å². The monoisotopic (exact) mass is 186 g/mol. The van der Waals surface area contributed by atoms with Gasteiger partial charge in [0.2, 0.25) is 0 Å². The molecule has 1 fully saturated rings. The number of aliphatic imine (C=N–C) groups is 2. The van der Waals surface area contributed by atoms with Gasteiger partial charge in [-0.05, 0) is 18.2 Å². The zero-order valence-corrected chi connectivity index (χ0v) is 7.57. The van der Waals surface area contributed by atoms with Gasteiger partial charge in [0.05, 0.1) is 17.1 Å². The summed E-state index contributed by atoms with van der Waals surface area (Å²) in [7, 11) is 0. The van der Waals surface area contributed by atoms with E-state index in [1.807, 2.05) is 24.3 Å². The molecule has 0 bridgehead atoms. The zero-order chi connectivity index (χ0) is 9.38. The van der Waals surface area contributed by atoms with E-state index in [-0.39, 0.29) is 6.04 Å². The maximum atomic E-state index is 4.59. The first-order chi connectivity index (χ1) is 6.93. The molecule has 4 nitrogen and oxygen atoms in total. The number of dihydropyridines is 1. The molecule has 1 atom stereocenters. The second-order valence-electron chi connectivity index (χ2n) is 3.35. The van der Waals surface area contributed by atoms with Crippen LogP contribution >= 0.6 is 0 Å². The molecule has 0 saturated carbocycles. The van der Waals surface area contributed by atoms with Crippen LogP contribution in [-0.4, -0.2) is 24.0 Å². The van der Waals surface area contributed by atoms with Crippen molar-refractivity contribution in [3.8, 4) is 0 Å². The molecule has 3 aliphatic rings. The highest BCUT2D eigenvalue weighted by atomic mass is 15.4. The lowest BCUT2D eigenvalue weighted by atomic mass is 10.1.